The molecule has 1 saturated carbocycles. The van der Waals surface area contributed by atoms with Crippen molar-refractivity contribution in [2.45, 2.75) is 32.1 Å². The van der Waals surface area contributed by atoms with Gasteiger partial charge in [0.25, 0.3) is 0 Å². The summed E-state index contributed by atoms with van der Waals surface area (Å²) in [4.78, 5) is 4.34. The smallest absolute Gasteiger partial charge is 0.0928 e. The maximum absolute atomic E-state index is 6.04. The molecule has 0 amide bonds. The molecule has 1 aromatic rings. The van der Waals surface area contributed by atoms with Crippen LogP contribution in [0.3, 0.4) is 0 Å². The fourth-order valence-electron chi connectivity index (χ4n) is 2.35. The Morgan fingerprint density at radius 3 is 2.86 bits per heavy atom. The summed E-state index contributed by atoms with van der Waals surface area (Å²) >= 11 is 7.80. The van der Waals surface area contributed by atoms with Gasteiger partial charge in [-0.25, -0.2) is 4.98 Å². The molecule has 1 unspecified atom stereocenters. The van der Waals surface area contributed by atoms with Crippen LogP contribution in [0.25, 0.3) is 0 Å². The van der Waals surface area contributed by atoms with E-state index in [1.54, 1.807) is 11.3 Å². The van der Waals surface area contributed by atoms with Crippen LogP contribution in [0.5, 0.6) is 0 Å². The molecule has 0 bridgehead atoms. The van der Waals surface area contributed by atoms with E-state index in [0.29, 0.717) is 5.92 Å². The van der Waals surface area contributed by atoms with Crippen LogP contribution >= 0.6 is 22.9 Å². The third kappa shape index (κ3) is 2.48. The Bertz CT molecular complexity index is 254. The minimum Gasteiger partial charge on any atom is -0.250 e. The van der Waals surface area contributed by atoms with Crippen molar-refractivity contribution in [1.82, 2.24) is 4.98 Å². The molecule has 1 aliphatic rings. The maximum Gasteiger partial charge on any atom is 0.0928 e. The first kappa shape index (κ1) is 10.4. The molecule has 1 atom stereocenters. The van der Waals surface area contributed by atoms with E-state index in [4.69, 9.17) is 11.6 Å². The Morgan fingerprint density at radius 2 is 2.29 bits per heavy atom. The Kier molecular flexibility index (Phi) is 3.82. The van der Waals surface area contributed by atoms with E-state index < -0.39 is 0 Å². The lowest BCUT2D eigenvalue weighted by atomic mass is 9.90. The molecule has 1 fully saturated rings. The van der Waals surface area contributed by atoms with Crippen LogP contribution in [0.1, 0.15) is 30.7 Å². The Balaban J connectivity index is 1.92. The molecule has 0 aliphatic heterocycles. The normalized spacial score (nSPS) is 20.1. The number of halogens is 1. The lowest BCUT2D eigenvalue weighted by Crippen LogP contribution is -2.16. The second-order valence-electron chi connectivity index (χ2n) is 4.09. The van der Waals surface area contributed by atoms with Crippen molar-refractivity contribution < 1.29 is 0 Å². The van der Waals surface area contributed by atoms with Gasteiger partial charge in [0, 0.05) is 23.9 Å². The molecular formula is C11H16ClNS. The van der Waals surface area contributed by atoms with E-state index in [-0.39, 0.29) is 0 Å². The van der Waals surface area contributed by atoms with Crippen molar-refractivity contribution in [3.05, 3.63) is 16.6 Å². The van der Waals surface area contributed by atoms with E-state index in [0.717, 1.165) is 18.2 Å². The quantitative estimate of drug-likeness (QED) is 0.717. The SMILES string of the molecule is ClCC(Cc1nccs1)C1CCCC1. The Morgan fingerprint density at radius 1 is 1.50 bits per heavy atom. The summed E-state index contributed by atoms with van der Waals surface area (Å²) < 4.78 is 0. The standard InChI is InChI=1S/C11H16ClNS/c12-8-10(9-3-1-2-4-9)7-11-13-5-6-14-11/h5-6,9-10H,1-4,7-8H2. The summed E-state index contributed by atoms with van der Waals surface area (Å²) in [6.07, 6.45) is 8.53. The van der Waals surface area contributed by atoms with Gasteiger partial charge in [-0.15, -0.1) is 22.9 Å². The lowest BCUT2D eigenvalue weighted by molar-refractivity contribution is 0.369. The summed E-state index contributed by atoms with van der Waals surface area (Å²) in [6.45, 7) is 0. The number of aromatic nitrogens is 1. The van der Waals surface area contributed by atoms with Crippen LogP contribution in [-0.2, 0) is 6.42 Å². The van der Waals surface area contributed by atoms with Crippen LogP contribution in [0, 0.1) is 11.8 Å². The number of alkyl halides is 1. The highest BCUT2D eigenvalue weighted by Gasteiger charge is 2.24. The fraction of sp³-hybridized carbons (Fsp3) is 0.727. The molecule has 0 spiro atoms. The predicted molar refractivity (Wildman–Crippen MR) is 62.0 cm³/mol. The Labute approximate surface area is 94.5 Å². The number of thiazole rings is 1. The van der Waals surface area contributed by atoms with Gasteiger partial charge < -0.3 is 0 Å². The van der Waals surface area contributed by atoms with Crippen LogP contribution in [-0.4, -0.2) is 10.9 Å². The molecule has 0 saturated heterocycles. The van der Waals surface area contributed by atoms with E-state index in [2.05, 4.69) is 10.4 Å². The topological polar surface area (TPSA) is 12.9 Å². The average Bonchev–Trinajstić information content (AvgIpc) is 2.86. The predicted octanol–water partition coefficient (Wildman–Crippen LogP) is 3.73. The van der Waals surface area contributed by atoms with Gasteiger partial charge in [-0.3, -0.25) is 0 Å². The van der Waals surface area contributed by atoms with Crippen LogP contribution in [0.15, 0.2) is 11.6 Å². The highest BCUT2D eigenvalue weighted by Crippen LogP contribution is 2.34. The van der Waals surface area contributed by atoms with Gasteiger partial charge in [-0.1, -0.05) is 25.7 Å². The second-order valence-corrected chi connectivity index (χ2v) is 5.38. The highest BCUT2D eigenvalue weighted by atomic mass is 35.5. The van der Waals surface area contributed by atoms with E-state index >= 15 is 0 Å². The Hall–Kier alpha value is -0.0800. The molecule has 0 radical (unpaired) electrons. The highest BCUT2D eigenvalue weighted by molar-refractivity contribution is 7.09. The number of hydrogen-bond donors (Lipinski definition) is 0. The lowest BCUT2D eigenvalue weighted by Gasteiger charge is -2.19. The molecule has 0 N–H and O–H groups in total. The maximum atomic E-state index is 6.04. The van der Waals surface area contributed by atoms with Gasteiger partial charge in [-0.05, 0) is 11.8 Å². The average molecular weight is 230 g/mol. The summed E-state index contributed by atoms with van der Waals surface area (Å²) in [5.41, 5.74) is 0. The number of nitrogens with zero attached hydrogens (tertiary/aromatic N) is 1. The van der Waals surface area contributed by atoms with Crippen LogP contribution < -0.4 is 0 Å². The molecule has 2 rings (SSSR count). The van der Waals surface area contributed by atoms with Crippen molar-refractivity contribution in [2.75, 3.05) is 5.88 Å². The van der Waals surface area contributed by atoms with Crippen molar-refractivity contribution in [3.8, 4) is 0 Å². The van der Waals surface area contributed by atoms with Crippen molar-refractivity contribution in [1.29, 1.82) is 0 Å². The van der Waals surface area contributed by atoms with Gasteiger partial charge in [0.05, 0.1) is 5.01 Å². The molecule has 3 heteroatoms. The van der Waals surface area contributed by atoms with E-state index in [1.807, 2.05) is 6.20 Å². The first-order valence-electron chi connectivity index (χ1n) is 5.34. The summed E-state index contributed by atoms with van der Waals surface area (Å²) in [5, 5.41) is 3.30. The van der Waals surface area contributed by atoms with Crippen LogP contribution in [0.2, 0.25) is 0 Å². The van der Waals surface area contributed by atoms with Gasteiger partial charge in [-0.2, -0.15) is 0 Å². The second kappa shape index (κ2) is 5.13. The minimum atomic E-state index is 0.658. The first-order chi connectivity index (χ1) is 6.90. The van der Waals surface area contributed by atoms with Gasteiger partial charge in [0.15, 0.2) is 0 Å². The molecule has 1 nitrogen and oxygen atoms in total. The monoisotopic (exact) mass is 229 g/mol. The third-order valence-electron chi connectivity index (χ3n) is 3.18. The summed E-state index contributed by atoms with van der Waals surface area (Å²) in [5.74, 6) is 2.31. The van der Waals surface area contributed by atoms with Gasteiger partial charge in [0.2, 0.25) is 0 Å². The van der Waals surface area contributed by atoms with E-state index in [1.165, 1.54) is 30.7 Å². The van der Waals surface area contributed by atoms with Gasteiger partial charge >= 0.3 is 0 Å². The minimum absolute atomic E-state index is 0.658. The van der Waals surface area contributed by atoms with Crippen molar-refractivity contribution in [2.24, 2.45) is 11.8 Å². The zero-order chi connectivity index (χ0) is 9.80. The van der Waals surface area contributed by atoms with Crippen LogP contribution in [0.4, 0.5) is 0 Å². The largest absolute Gasteiger partial charge is 0.250 e. The number of hydrogen-bond acceptors (Lipinski definition) is 2. The van der Waals surface area contributed by atoms with E-state index in [9.17, 15) is 0 Å². The molecule has 1 heterocycles. The summed E-state index contributed by atoms with van der Waals surface area (Å²) in [6, 6.07) is 0. The zero-order valence-electron chi connectivity index (χ0n) is 8.29. The first-order valence-corrected chi connectivity index (χ1v) is 6.76. The summed E-state index contributed by atoms with van der Waals surface area (Å²) in [7, 11) is 0. The zero-order valence-corrected chi connectivity index (χ0v) is 9.86. The third-order valence-corrected chi connectivity index (χ3v) is 4.38. The molecule has 0 aromatic carbocycles. The number of rotatable bonds is 4. The molecule has 14 heavy (non-hydrogen) atoms. The molecule has 1 aliphatic carbocycles. The fourth-order valence-corrected chi connectivity index (χ4v) is 3.43. The molecule has 1 aromatic heterocycles. The molecule has 78 valence electrons. The molecular weight excluding hydrogens is 214 g/mol. The van der Waals surface area contributed by atoms with Crippen molar-refractivity contribution >= 4 is 22.9 Å². The van der Waals surface area contributed by atoms with Crippen molar-refractivity contribution in [3.63, 3.8) is 0 Å². The van der Waals surface area contributed by atoms with Gasteiger partial charge in [0.1, 0.15) is 0 Å².